The predicted octanol–water partition coefficient (Wildman–Crippen LogP) is 1.75. The smallest absolute Gasteiger partial charge is 0.00109 e. The number of nitrogens with one attached hydrogen (secondary N) is 1. The van der Waals surface area contributed by atoms with Crippen molar-refractivity contribution in [2.24, 2.45) is 11.1 Å². The first kappa shape index (κ1) is 11.9. The van der Waals surface area contributed by atoms with Crippen LogP contribution in [0.1, 0.15) is 40.5 Å². The second-order valence-electron chi connectivity index (χ2n) is 4.86. The van der Waals surface area contributed by atoms with E-state index in [2.05, 4.69) is 33.0 Å². The molecule has 0 aliphatic carbocycles. The Kier molecular flexibility index (Phi) is 5.51. The summed E-state index contributed by atoms with van der Waals surface area (Å²) in [7, 11) is 0. The fourth-order valence-electron chi connectivity index (χ4n) is 1.01. The van der Waals surface area contributed by atoms with Crippen LogP contribution in [-0.4, -0.2) is 19.1 Å². The van der Waals surface area contributed by atoms with E-state index in [0.29, 0.717) is 11.5 Å². The summed E-state index contributed by atoms with van der Waals surface area (Å²) < 4.78 is 0. The molecule has 0 fully saturated rings. The van der Waals surface area contributed by atoms with Crippen molar-refractivity contribution in [1.82, 2.24) is 5.32 Å². The van der Waals surface area contributed by atoms with Gasteiger partial charge in [-0.2, -0.15) is 0 Å². The molecule has 0 aromatic carbocycles. The summed E-state index contributed by atoms with van der Waals surface area (Å²) in [5.74, 6) is 0. The van der Waals surface area contributed by atoms with Crippen molar-refractivity contribution >= 4 is 0 Å². The molecule has 0 heterocycles. The fraction of sp³-hybridized carbons (Fsp3) is 1.00. The molecule has 3 N–H and O–H groups in total. The van der Waals surface area contributed by atoms with Crippen LogP contribution in [0.3, 0.4) is 0 Å². The SMILES string of the molecule is CC(N)CCCNCC(C)(C)C. The first-order valence-electron chi connectivity index (χ1n) is 4.88. The molecule has 0 aliphatic rings. The first-order valence-corrected chi connectivity index (χ1v) is 4.88. The highest BCUT2D eigenvalue weighted by Crippen LogP contribution is 2.10. The van der Waals surface area contributed by atoms with Gasteiger partial charge >= 0.3 is 0 Å². The normalized spacial score (nSPS) is 14.8. The van der Waals surface area contributed by atoms with Crippen LogP contribution in [0, 0.1) is 5.41 Å². The monoisotopic (exact) mass is 172 g/mol. The van der Waals surface area contributed by atoms with E-state index in [-0.39, 0.29) is 0 Å². The lowest BCUT2D eigenvalue weighted by atomic mass is 9.97. The van der Waals surface area contributed by atoms with Crippen molar-refractivity contribution in [2.45, 2.75) is 46.6 Å². The van der Waals surface area contributed by atoms with E-state index in [0.717, 1.165) is 19.5 Å². The lowest BCUT2D eigenvalue weighted by Gasteiger charge is -2.18. The van der Waals surface area contributed by atoms with Crippen LogP contribution in [0.15, 0.2) is 0 Å². The second kappa shape index (κ2) is 5.55. The van der Waals surface area contributed by atoms with E-state index in [1.165, 1.54) is 6.42 Å². The topological polar surface area (TPSA) is 38.0 Å². The molecule has 0 aromatic rings. The molecule has 0 amide bonds. The highest BCUT2D eigenvalue weighted by Gasteiger charge is 2.08. The summed E-state index contributed by atoms with van der Waals surface area (Å²) in [5, 5.41) is 3.43. The molecular weight excluding hydrogens is 148 g/mol. The maximum atomic E-state index is 5.63. The number of nitrogens with two attached hydrogens (primary N) is 1. The van der Waals surface area contributed by atoms with Gasteiger partial charge in [-0.3, -0.25) is 0 Å². The van der Waals surface area contributed by atoms with Crippen molar-refractivity contribution in [1.29, 1.82) is 0 Å². The van der Waals surface area contributed by atoms with Crippen LogP contribution in [0.5, 0.6) is 0 Å². The molecular formula is C10H24N2. The minimum absolute atomic E-state index is 0.349. The average molecular weight is 172 g/mol. The summed E-state index contributed by atoms with van der Waals surface area (Å²) in [5.41, 5.74) is 6.03. The van der Waals surface area contributed by atoms with E-state index in [1.807, 2.05) is 0 Å². The largest absolute Gasteiger partial charge is 0.328 e. The van der Waals surface area contributed by atoms with Gasteiger partial charge in [-0.25, -0.2) is 0 Å². The fourth-order valence-corrected chi connectivity index (χ4v) is 1.01. The van der Waals surface area contributed by atoms with Gasteiger partial charge in [0.2, 0.25) is 0 Å². The van der Waals surface area contributed by atoms with Crippen LogP contribution in [-0.2, 0) is 0 Å². The van der Waals surface area contributed by atoms with E-state index in [4.69, 9.17) is 5.73 Å². The maximum absolute atomic E-state index is 5.63. The van der Waals surface area contributed by atoms with Crippen molar-refractivity contribution in [3.05, 3.63) is 0 Å². The Bertz CT molecular complexity index is 103. The summed E-state index contributed by atoms with van der Waals surface area (Å²) in [6.07, 6.45) is 2.31. The first-order chi connectivity index (χ1) is 5.42. The lowest BCUT2D eigenvalue weighted by molar-refractivity contribution is 0.377. The Morgan fingerprint density at radius 3 is 2.33 bits per heavy atom. The van der Waals surface area contributed by atoms with Crippen molar-refractivity contribution in [3.8, 4) is 0 Å². The molecule has 0 spiro atoms. The molecule has 1 atom stereocenters. The molecule has 0 rings (SSSR count). The molecule has 0 aromatic heterocycles. The van der Waals surface area contributed by atoms with E-state index in [9.17, 15) is 0 Å². The highest BCUT2D eigenvalue weighted by molar-refractivity contribution is 4.65. The zero-order chi connectivity index (χ0) is 9.61. The molecule has 2 nitrogen and oxygen atoms in total. The Labute approximate surface area is 76.9 Å². The van der Waals surface area contributed by atoms with Gasteiger partial charge in [-0.05, 0) is 38.3 Å². The number of hydrogen-bond acceptors (Lipinski definition) is 2. The van der Waals surface area contributed by atoms with Gasteiger partial charge in [-0.1, -0.05) is 20.8 Å². The van der Waals surface area contributed by atoms with E-state index >= 15 is 0 Å². The zero-order valence-corrected chi connectivity index (χ0v) is 8.98. The number of hydrogen-bond donors (Lipinski definition) is 2. The molecule has 0 aliphatic heterocycles. The summed E-state index contributed by atoms with van der Waals surface area (Å²) in [6, 6.07) is 0.349. The van der Waals surface area contributed by atoms with Gasteiger partial charge in [0.1, 0.15) is 0 Å². The Balaban J connectivity index is 3.12. The van der Waals surface area contributed by atoms with Gasteiger partial charge in [-0.15, -0.1) is 0 Å². The third kappa shape index (κ3) is 9.92. The third-order valence-electron chi connectivity index (χ3n) is 1.67. The highest BCUT2D eigenvalue weighted by atomic mass is 14.9. The molecule has 0 saturated heterocycles. The van der Waals surface area contributed by atoms with Crippen molar-refractivity contribution in [2.75, 3.05) is 13.1 Å². The Morgan fingerprint density at radius 1 is 1.33 bits per heavy atom. The summed E-state index contributed by atoms with van der Waals surface area (Å²) in [6.45, 7) is 11.0. The van der Waals surface area contributed by atoms with Gasteiger partial charge in [0, 0.05) is 6.04 Å². The van der Waals surface area contributed by atoms with E-state index in [1.54, 1.807) is 0 Å². The van der Waals surface area contributed by atoms with Crippen LogP contribution < -0.4 is 11.1 Å². The minimum Gasteiger partial charge on any atom is -0.328 e. The second-order valence-corrected chi connectivity index (χ2v) is 4.86. The Hall–Kier alpha value is -0.0800. The molecule has 74 valence electrons. The summed E-state index contributed by atoms with van der Waals surface area (Å²) >= 11 is 0. The molecule has 0 bridgehead atoms. The predicted molar refractivity (Wildman–Crippen MR) is 55.2 cm³/mol. The van der Waals surface area contributed by atoms with Gasteiger partial charge < -0.3 is 11.1 Å². The van der Waals surface area contributed by atoms with Crippen molar-refractivity contribution < 1.29 is 0 Å². The molecule has 1 unspecified atom stereocenters. The maximum Gasteiger partial charge on any atom is 0.00109 e. The zero-order valence-electron chi connectivity index (χ0n) is 8.98. The minimum atomic E-state index is 0.349. The lowest BCUT2D eigenvalue weighted by Crippen LogP contribution is -2.28. The number of rotatable bonds is 5. The Morgan fingerprint density at radius 2 is 1.92 bits per heavy atom. The van der Waals surface area contributed by atoms with Crippen LogP contribution in [0.4, 0.5) is 0 Å². The van der Waals surface area contributed by atoms with Crippen LogP contribution in [0.25, 0.3) is 0 Å². The van der Waals surface area contributed by atoms with Gasteiger partial charge in [0.15, 0.2) is 0 Å². The van der Waals surface area contributed by atoms with Crippen LogP contribution >= 0.6 is 0 Å². The van der Waals surface area contributed by atoms with E-state index < -0.39 is 0 Å². The quantitative estimate of drug-likeness (QED) is 0.620. The van der Waals surface area contributed by atoms with Crippen LogP contribution in [0.2, 0.25) is 0 Å². The van der Waals surface area contributed by atoms with Crippen molar-refractivity contribution in [3.63, 3.8) is 0 Å². The van der Waals surface area contributed by atoms with Gasteiger partial charge in [0.05, 0.1) is 0 Å². The molecule has 2 heteroatoms. The average Bonchev–Trinajstić information content (AvgIpc) is 1.83. The molecule has 12 heavy (non-hydrogen) atoms. The molecule has 0 saturated carbocycles. The summed E-state index contributed by atoms with van der Waals surface area (Å²) in [4.78, 5) is 0. The third-order valence-corrected chi connectivity index (χ3v) is 1.67. The molecule has 0 radical (unpaired) electrons. The van der Waals surface area contributed by atoms with Gasteiger partial charge in [0.25, 0.3) is 0 Å². The standard InChI is InChI=1S/C10H24N2/c1-9(11)6-5-7-12-8-10(2,3)4/h9,12H,5-8,11H2,1-4H3.